The molecule has 6 heteroatoms. The van der Waals surface area contributed by atoms with Crippen molar-refractivity contribution < 1.29 is 13.9 Å². The van der Waals surface area contributed by atoms with Gasteiger partial charge in [0.25, 0.3) is 5.91 Å². The van der Waals surface area contributed by atoms with E-state index in [4.69, 9.17) is 20.8 Å². The van der Waals surface area contributed by atoms with Crippen molar-refractivity contribution in [1.82, 2.24) is 4.90 Å². The number of likely N-dealkylation sites (N-methyl/N-ethyl adjacent to an activating group) is 1. The number of carbonyl (C=O) groups excluding carboxylic acids is 1. The number of rotatable bonds is 3. The van der Waals surface area contributed by atoms with Gasteiger partial charge in [0.1, 0.15) is 11.5 Å². The molecule has 0 saturated heterocycles. The van der Waals surface area contributed by atoms with Gasteiger partial charge in [0, 0.05) is 31.6 Å². The van der Waals surface area contributed by atoms with E-state index in [2.05, 4.69) is 0 Å². The molecular weight excluding hydrogens is 306 g/mol. The molecule has 0 atom stereocenters. The van der Waals surface area contributed by atoms with Gasteiger partial charge in [0.15, 0.2) is 6.61 Å². The molecule has 118 valence electrons. The molecule has 0 fully saturated rings. The number of amides is 1. The molecule has 0 N–H and O–H groups in total. The van der Waals surface area contributed by atoms with Crippen molar-refractivity contribution in [2.45, 2.75) is 32.1 Å². The van der Waals surface area contributed by atoms with Crippen LogP contribution in [0.2, 0.25) is 0 Å². The van der Waals surface area contributed by atoms with Crippen LogP contribution in [0.1, 0.15) is 28.9 Å². The van der Waals surface area contributed by atoms with Crippen molar-refractivity contribution in [1.29, 1.82) is 0 Å². The number of halogens is 1. The van der Waals surface area contributed by atoms with E-state index in [9.17, 15) is 9.59 Å². The van der Waals surface area contributed by atoms with Crippen molar-refractivity contribution in [3.05, 3.63) is 43.7 Å². The first-order valence-corrected chi connectivity index (χ1v) is 7.72. The maximum absolute atomic E-state index is 12.0. The smallest absolute Gasteiger partial charge is 0.339 e. The quantitative estimate of drug-likeness (QED) is 0.851. The first-order chi connectivity index (χ1) is 10.5. The van der Waals surface area contributed by atoms with Crippen molar-refractivity contribution in [2.75, 3.05) is 20.7 Å². The fourth-order valence-corrected chi connectivity index (χ4v) is 3.21. The maximum Gasteiger partial charge on any atom is 0.339 e. The molecule has 0 saturated carbocycles. The second-order valence-corrected chi connectivity index (χ2v) is 6.32. The Hall–Kier alpha value is -1.75. The summed E-state index contributed by atoms with van der Waals surface area (Å²) in [5.41, 5.74) is 2.69. The molecule has 1 heterocycles. The van der Waals surface area contributed by atoms with Gasteiger partial charge in [0.2, 0.25) is 0 Å². The largest absolute Gasteiger partial charge is 0.486 e. The highest BCUT2D eigenvalue weighted by atomic mass is 35.5. The molecule has 0 aromatic carbocycles. The predicted octanol–water partition coefficient (Wildman–Crippen LogP) is 1.78. The summed E-state index contributed by atoms with van der Waals surface area (Å²) < 4.78 is 11.0. The normalized spacial score (nSPS) is 16.3. The summed E-state index contributed by atoms with van der Waals surface area (Å²) >= 11 is 6.32. The van der Waals surface area contributed by atoms with Crippen LogP contribution in [0.25, 0.3) is 0 Å². The van der Waals surface area contributed by atoms with Gasteiger partial charge < -0.3 is 14.1 Å². The summed E-state index contributed by atoms with van der Waals surface area (Å²) in [6.45, 7) is -0.0664. The van der Waals surface area contributed by atoms with Gasteiger partial charge in [0.05, 0.1) is 11.5 Å². The fraction of sp³-hybridized carbons (Fsp3) is 0.500. The minimum Gasteiger partial charge on any atom is -0.486 e. The van der Waals surface area contributed by atoms with E-state index in [-0.39, 0.29) is 18.1 Å². The SMILES string of the molecule is CN(C)C(=O)COC1=C(Cl)Cc2c(oc(=O)c3c2CCC3)C1. The Bertz CT molecular complexity index is 718. The molecule has 3 rings (SSSR count). The van der Waals surface area contributed by atoms with Gasteiger partial charge in [-0.15, -0.1) is 0 Å². The molecular formula is C16H18ClNO4. The lowest BCUT2D eigenvalue weighted by Gasteiger charge is -2.21. The number of hydrogen-bond donors (Lipinski definition) is 0. The number of ether oxygens (including phenoxy) is 1. The van der Waals surface area contributed by atoms with Gasteiger partial charge >= 0.3 is 5.63 Å². The molecule has 0 spiro atoms. The van der Waals surface area contributed by atoms with E-state index in [0.29, 0.717) is 29.4 Å². The molecule has 1 amide bonds. The summed E-state index contributed by atoms with van der Waals surface area (Å²) in [6, 6.07) is 0. The van der Waals surface area contributed by atoms with Crippen molar-refractivity contribution in [2.24, 2.45) is 0 Å². The zero-order chi connectivity index (χ0) is 15.9. The van der Waals surface area contributed by atoms with Crippen LogP contribution < -0.4 is 5.63 Å². The minimum absolute atomic E-state index is 0.0664. The molecule has 1 aromatic rings. The van der Waals surface area contributed by atoms with Crippen LogP contribution in [0.5, 0.6) is 0 Å². The average molecular weight is 324 g/mol. The summed E-state index contributed by atoms with van der Waals surface area (Å²) in [5, 5.41) is 0.585. The van der Waals surface area contributed by atoms with Crippen LogP contribution in [0, 0.1) is 0 Å². The Morgan fingerprint density at radius 1 is 1.23 bits per heavy atom. The number of allylic oxidation sites excluding steroid dienone is 2. The standard InChI is InChI=1S/C16H18ClNO4/c1-18(2)15(19)8-21-14-7-13-11(6-12(14)17)9-4-3-5-10(9)16(20)22-13/h3-8H2,1-2H3. The first-order valence-electron chi connectivity index (χ1n) is 7.34. The van der Waals surface area contributed by atoms with E-state index >= 15 is 0 Å². The summed E-state index contributed by atoms with van der Waals surface area (Å²) in [5.74, 6) is 1.01. The molecule has 22 heavy (non-hydrogen) atoms. The van der Waals surface area contributed by atoms with E-state index in [1.807, 2.05) is 0 Å². The van der Waals surface area contributed by atoms with Crippen LogP contribution in [0.4, 0.5) is 0 Å². The molecule has 5 nitrogen and oxygen atoms in total. The van der Waals surface area contributed by atoms with Gasteiger partial charge in [-0.05, 0) is 24.8 Å². The molecule has 0 bridgehead atoms. The van der Waals surface area contributed by atoms with Crippen molar-refractivity contribution in [3.8, 4) is 0 Å². The average Bonchev–Trinajstić information content (AvgIpc) is 2.96. The third-order valence-corrected chi connectivity index (χ3v) is 4.55. The van der Waals surface area contributed by atoms with Crippen molar-refractivity contribution >= 4 is 17.5 Å². The van der Waals surface area contributed by atoms with Gasteiger partial charge in [-0.25, -0.2) is 4.79 Å². The third-order valence-electron chi connectivity index (χ3n) is 4.21. The molecule has 0 unspecified atom stereocenters. The first kappa shape index (κ1) is 15.2. The minimum atomic E-state index is -0.243. The molecule has 0 radical (unpaired) electrons. The number of nitrogens with zero attached hydrogens (tertiary/aromatic N) is 1. The predicted molar refractivity (Wildman–Crippen MR) is 81.9 cm³/mol. The zero-order valence-electron chi connectivity index (χ0n) is 12.7. The van der Waals surface area contributed by atoms with Crippen LogP contribution in [0.15, 0.2) is 20.0 Å². The lowest BCUT2D eigenvalue weighted by atomic mass is 9.95. The highest BCUT2D eigenvalue weighted by Crippen LogP contribution is 2.34. The Kier molecular flexibility index (Phi) is 4.00. The second kappa shape index (κ2) is 5.80. The third kappa shape index (κ3) is 2.65. The molecule has 2 aliphatic rings. The van der Waals surface area contributed by atoms with E-state index in [0.717, 1.165) is 36.0 Å². The Morgan fingerprint density at radius 3 is 2.68 bits per heavy atom. The van der Waals surface area contributed by atoms with Crippen LogP contribution in [-0.4, -0.2) is 31.5 Å². The molecule has 0 aliphatic heterocycles. The summed E-state index contributed by atoms with van der Waals surface area (Å²) in [6.07, 6.45) is 3.51. The van der Waals surface area contributed by atoms with E-state index in [1.54, 1.807) is 14.1 Å². The Morgan fingerprint density at radius 2 is 1.95 bits per heavy atom. The molecule has 1 aromatic heterocycles. The van der Waals surface area contributed by atoms with Crippen molar-refractivity contribution in [3.63, 3.8) is 0 Å². The number of hydrogen-bond acceptors (Lipinski definition) is 4. The summed E-state index contributed by atoms with van der Waals surface area (Å²) in [4.78, 5) is 25.1. The highest BCUT2D eigenvalue weighted by Gasteiger charge is 2.28. The van der Waals surface area contributed by atoms with E-state index < -0.39 is 0 Å². The lowest BCUT2D eigenvalue weighted by Crippen LogP contribution is -2.27. The topological polar surface area (TPSA) is 59.8 Å². The van der Waals surface area contributed by atoms with Gasteiger partial charge in [-0.1, -0.05) is 11.6 Å². The zero-order valence-corrected chi connectivity index (χ0v) is 13.5. The van der Waals surface area contributed by atoms with Crippen LogP contribution in [-0.2, 0) is 35.2 Å². The molecule has 2 aliphatic carbocycles. The monoisotopic (exact) mass is 323 g/mol. The lowest BCUT2D eigenvalue weighted by molar-refractivity contribution is -0.132. The summed E-state index contributed by atoms with van der Waals surface area (Å²) in [7, 11) is 3.33. The Balaban J connectivity index is 1.84. The number of fused-ring (bicyclic) bond motifs is 3. The van der Waals surface area contributed by atoms with Gasteiger partial charge in [-0.3, -0.25) is 4.79 Å². The van der Waals surface area contributed by atoms with Gasteiger partial charge in [-0.2, -0.15) is 0 Å². The maximum atomic E-state index is 12.0. The second-order valence-electron chi connectivity index (χ2n) is 5.86. The van der Waals surface area contributed by atoms with E-state index in [1.165, 1.54) is 4.90 Å². The number of carbonyl (C=O) groups is 1. The highest BCUT2D eigenvalue weighted by molar-refractivity contribution is 6.30. The Labute approximate surface area is 133 Å². The fourth-order valence-electron chi connectivity index (χ4n) is 2.96. The van der Waals surface area contributed by atoms with Crippen LogP contribution in [0.3, 0.4) is 0 Å². The van der Waals surface area contributed by atoms with Crippen LogP contribution >= 0.6 is 11.6 Å².